The van der Waals surface area contributed by atoms with Crippen LogP contribution in [0, 0.1) is 6.92 Å². The van der Waals surface area contributed by atoms with Gasteiger partial charge in [-0.05, 0) is 42.3 Å². The third kappa shape index (κ3) is 3.29. The number of nitrogens with two attached hydrogens (primary N) is 1. The first kappa shape index (κ1) is 13.9. The molecule has 3 N–H and O–H groups in total. The molecule has 0 unspecified atom stereocenters. The lowest BCUT2D eigenvalue weighted by Crippen LogP contribution is -2.11. The lowest BCUT2D eigenvalue weighted by molar-refractivity contribution is 0.100. The zero-order valence-corrected chi connectivity index (χ0v) is 11.6. The van der Waals surface area contributed by atoms with Crippen molar-refractivity contribution >= 4 is 11.6 Å². The zero-order chi connectivity index (χ0) is 14.5. The number of ether oxygens (including phenoxy) is 1. The molecule has 0 bridgehead atoms. The lowest BCUT2D eigenvalue weighted by atomic mass is 10.1. The monoisotopic (exact) mass is 270 g/mol. The third-order valence-corrected chi connectivity index (χ3v) is 3.16. The first-order valence-corrected chi connectivity index (χ1v) is 6.37. The number of amides is 1. The highest BCUT2D eigenvalue weighted by Gasteiger charge is 2.04. The van der Waals surface area contributed by atoms with Crippen LogP contribution >= 0.6 is 0 Å². The number of carbonyl (C=O) groups is 1. The quantitative estimate of drug-likeness (QED) is 0.878. The van der Waals surface area contributed by atoms with Crippen LogP contribution in [0.25, 0.3) is 0 Å². The van der Waals surface area contributed by atoms with E-state index in [1.807, 2.05) is 37.3 Å². The van der Waals surface area contributed by atoms with Crippen LogP contribution in [0.4, 0.5) is 5.69 Å². The molecule has 1 amide bonds. The van der Waals surface area contributed by atoms with Crippen LogP contribution in [0.1, 0.15) is 21.5 Å². The maximum absolute atomic E-state index is 11.2. The molecule has 0 saturated carbocycles. The van der Waals surface area contributed by atoms with Crippen molar-refractivity contribution in [3.63, 3.8) is 0 Å². The first-order valence-electron chi connectivity index (χ1n) is 6.37. The van der Waals surface area contributed by atoms with Gasteiger partial charge in [0.2, 0.25) is 5.91 Å². The van der Waals surface area contributed by atoms with Crippen LogP contribution in [-0.2, 0) is 6.54 Å². The minimum absolute atomic E-state index is 0.419. The number of carbonyl (C=O) groups excluding carboxylic acids is 1. The molecule has 0 spiro atoms. The van der Waals surface area contributed by atoms with Gasteiger partial charge in [0.1, 0.15) is 5.75 Å². The summed E-state index contributed by atoms with van der Waals surface area (Å²) in [6.45, 7) is 2.66. The van der Waals surface area contributed by atoms with Gasteiger partial charge in [-0.1, -0.05) is 18.2 Å². The van der Waals surface area contributed by atoms with E-state index in [1.165, 1.54) is 0 Å². The second-order valence-electron chi connectivity index (χ2n) is 4.60. The molecule has 2 aromatic rings. The lowest BCUT2D eigenvalue weighted by Gasteiger charge is -2.11. The van der Waals surface area contributed by atoms with Crippen molar-refractivity contribution in [1.29, 1.82) is 0 Å². The Bertz CT molecular complexity index is 606. The average Bonchev–Trinajstić information content (AvgIpc) is 2.46. The molecular weight excluding hydrogens is 252 g/mol. The molecule has 0 aliphatic carbocycles. The van der Waals surface area contributed by atoms with Crippen LogP contribution in [0.15, 0.2) is 42.5 Å². The Kier molecular flexibility index (Phi) is 4.25. The molecule has 0 saturated heterocycles. The van der Waals surface area contributed by atoms with Gasteiger partial charge in [-0.25, -0.2) is 0 Å². The zero-order valence-electron chi connectivity index (χ0n) is 11.6. The summed E-state index contributed by atoms with van der Waals surface area (Å²) in [5, 5.41) is 3.31. The van der Waals surface area contributed by atoms with Crippen molar-refractivity contribution in [2.24, 2.45) is 5.73 Å². The van der Waals surface area contributed by atoms with Crippen molar-refractivity contribution in [2.45, 2.75) is 13.5 Å². The molecule has 2 aromatic carbocycles. The van der Waals surface area contributed by atoms with Gasteiger partial charge < -0.3 is 15.8 Å². The minimum atomic E-state index is -0.419. The van der Waals surface area contributed by atoms with E-state index >= 15 is 0 Å². The Morgan fingerprint density at radius 1 is 1.20 bits per heavy atom. The highest BCUT2D eigenvalue weighted by Crippen LogP contribution is 2.18. The van der Waals surface area contributed by atoms with Gasteiger partial charge in [0, 0.05) is 17.8 Å². The Hall–Kier alpha value is -2.49. The summed E-state index contributed by atoms with van der Waals surface area (Å²) < 4.78 is 5.12. The summed E-state index contributed by atoms with van der Waals surface area (Å²) in [6.07, 6.45) is 0. The molecule has 0 atom stereocenters. The molecule has 0 fully saturated rings. The van der Waals surface area contributed by atoms with Gasteiger partial charge in [-0.2, -0.15) is 0 Å². The highest BCUT2D eigenvalue weighted by atomic mass is 16.5. The van der Waals surface area contributed by atoms with E-state index in [9.17, 15) is 4.79 Å². The van der Waals surface area contributed by atoms with E-state index in [-0.39, 0.29) is 0 Å². The van der Waals surface area contributed by atoms with Crippen LogP contribution in [0.5, 0.6) is 5.75 Å². The number of aryl methyl sites for hydroxylation is 1. The molecule has 4 heteroatoms. The van der Waals surface area contributed by atoms with E-state index in [2.05, 4.69) is 5.32 Å². The summed E-state index contributed by atoms with van der Waals surface area (Å²) in [5.74, 6) is 0.415. The van der Waals surface area contributed by atoms with Crippen molar-refractivity contribution in [3.8, 4) is 5.75 Å². The molecule has 0 radical (unpaired) electrons. The second kappa shape index (κ2) is 6.10. The number of hydrogen-bond donors (Lipinski definition) is 2. The Morgan fingerprint density at radius 2 is 1.90 bits per heavy atom. The summed E-state index contributed by atoms with van der Waals surface area (Å²) in [4.78, 5) is 11.2. The molecule has 104 valence electrons. The van der Waals surface area contributed by atoms with E-state index in [0.717, 1.165) is 22.6 Å². The minimum Gasteiger partial charge on any atom is -0.497 e. The number of nitrogens with one attached hydrogen (secondary N) is 1. The van der Waals surface area contributed by atoms with Crippen molar-refractivity contribution < 1.29 is 9.53 Å². The maximum Gasteiger partial charge on any atom is 0.248 e. The summed E-state index contributed by atoms with van der Waals surface area (Å²) in [6, 6.07) is 13.2. The fraction of sp³-hybridized carbons (Fsp3) is 0.188. The Morgan fingerprint density at radius 3 is 2.50 bits per heavy atom. The Balaban J connectivity index is 2.09. The number of anilines is 1. The largest absolute Gasteiger partial charge is 0.497 e. The molecule has 0 aliphatic rings. The fourth-order valence-corrected chi connectivity index (χ4v) is 1.91. The van der Waals surface area contributed by atoms with Crippen molar-refractivity contribution in [3.05, 3.63) is 59.2 Å². The topological polar surface area (TPSA) is 64.3 Å². The predicted molar refractivity (Wildman–Crippen MR) is 80.0 cm³/mol. The van der Waals surface area contributed by atoms with Crippen LogP contribution in [0.3, 0.4) is 0 Å². The SMILES string of the molecule is COc1ccc(CNc2cc(C(N)=O)ccc2C)cc1. The summed E-state index contributed by atoms with van der Waals surface area (Å²) in [7, 11) is 1.64. The van der Waals surface area contributed by atoms with Gasteiger partial charge >= 0.3 is 0 Å². The molecule has 0 aliphatic heterocycles. The van der Waals surface area contributed by atoms with Gasteiger partial charge in [-0.3, -0.25) is 4.79 Å². The molecule has 0 heterocycles. The van der Waals surface area contributed by atoms with E-state index in [1.54, 1.807) is 19.2 Å². The van der Waals surface area contributed by atoms with Crippen molar-refractivity contribution in [2.75, 3.05) is 12.4 Å². The number of benzene rings is 2. The molecule has 20 heavy (non-hydrogen) atoms. The van der Waals surface area contributed by atoms with E-state index in [0.29, 0.717) is 12.1 Å². The van der Waals surface area contributed by atoms with Gasteiger partial charge in [0.25, 0.3) is 0 Å². The molecule has 2 rings (SSSR count). The fourth-order valence-electron chi connectivity index (χ4n) is 1.91. The molecule has 4 nitrogen and oxygen atoms in total. The standard InChI is InChI=1S/C16H18N2O2/c1-11-3-6-13(16(17)19)9-15(11)18-10-12-4-7-14(20-2)8-5-12/h3-9,18H,10H2,1-2H3,(H2,17,19). The van der Waals surface area contributed by atoms with E-state index < -0.39 is 5.91 Å². The van der Waals surface area contributed by atoms with Gasteiger partial charge in [-0.15, -0.1) is 0 Å². The molecular formula is C16H18N2O2. The summed E-state index contributed by atoms with van der Waals surface area (Å²) >= 11 is 0. The highest BCUT2D eigenvalue weighted by molar-refractivity contribution is 5.94. The number of rotatable bonds is 5. The maximum atomic E-state index is 11.2. The van der Waals surface area contributed by atoms with Gasteiger partial charge in [0.15, 0.2) is 0 Å². The van der Waals surface area contributed by atoms with Crippen molar-refractivity contribution in [1.82, 2.24) is 0 Å². The smallest absolute Gasteiger partial charge is 0.248 e. The van der Waals surface area contributed by atoms with Gasteiger partial charge in [0.05, 0.1) is 7.11 Å². The van der Waals surface area contributed by atoms with Crippen LogP contribution in [-0.4, -0.2) is 13.0 Å². The summed E-state index contributed by atoms with van der Waals surface area (Å²) in [5.41, 5.74) is 8.92. The average molecular weight is 270 g/mol. The number of methoxy groups -OCH3 is 1. The Labute approximate surface area is 118 Å². The van der Waals surface area contributed by atoms with Crippen LogP contribution in [0.2, 0.25) is 0 Å². The third-order valence-electron chi connectivity index (χ3n) is 3.16. The second-order valence-corrected chi connectivity index (χ2v) is 4.60. The number of primary amides is 1. The van der Waals surface area contributed by atoms with Crippen LogP contribution < -0.4 is 15.8 Å². The normalized spacial score (nSPS) is 10.1. The molecule has 0 aromatic heterocycles. The first-order chi connectivity index (χ1) is 9.60. The predicted octanol–water partition coefficient (Wildman–Crippen LogP) is 2.71. The number of hydrogen-bond acceptors (Lipinski definition) is 3. The van der Waals surface area contributed by atoms with E-state index in [4.69, 9.17) is 10.5 Å².